The van der Waals surface area contributed by atoms with Crippen LogP contribution in [-0.4, -0.2) is 59.6 Å². The van der Waals surface area contributed by atoms with E-state index in [4.69, 9.17) is 9.47 Å². The molecule has 2 amide bonds. The van der Waals surface area contributed by atoms with Crippen molar-refractivity contribution in [3.63, 3.8) is 0 Å². The number of ether oxygens (including phenoxy) is 2. The molecular formula is C38H43F2N5O9S. The Hall–Kier alpha value is -5.68. The standard InChI is InChI=1S/C38H43F2N5O9S/c1-8-53-21-26-18-33(46)45(37(50)44(26)7)25-13-9-23(10-14-25)17-32(36(49)54-22(2)3)41-35(48)28-19-30(40)31(20-29(28)39)43-55(51,52)27-15-11-24(12-16-27)34(47)42-38(4,5)6/h9-16,18-20,22,32,43H,8,17,21H2,1-7H3,(H,41,48)(H,42,47)/t32-/m0/s1. The topological polar surface area (TPSA) is 184 Å². The van der Waals surface area contributed by atoms with Crippen molar-refractivity contribution in [3.05, 3.63) is 122 Å². The first-order valence-corrected chi connectivity index (χ1v) is 18.6. The zero-order valence-corrected chi connectivity index (χ0v) is 32.2. The number of esters is 1. The van der Waals surface area contributed by atoms with Crippen molar-refractivity contribution >= 4 is 33.5 Å². The van der Waals surface area contributed by atoms with Gasteiger partial charge in [0.25, 0.3) is 27.4 Å². The van der Waals surface area contributed by atoms with Crippen LogP contribution in [-0.2, 0) is 44.4 Å². The molecule has 294 valence electrons. The summed E-state index contributed by atoms with van der Waals surface area (Å²) in [5, 5.41) is 5.10. The molecule has 1 atom stereocenters. The number of benzene rings is 3. The summed E-state index contributed by atoms with van der Waals surface area (Å²) in [6, 6.07) is 11.6. The molecule has 0 aliphatic rings. The first kappa shape index (κ1) is 42.1. The van der Waals surface area contributed by atoms with E-state index in [1.807, 2.05) is 4.72 Å². The lowest BCUT2D eigenvalue weighted by atomic mass is 10.0. The summed E-state index contributed by atoms with van der Waals surface area (Å²) in [7, 11) is -2.96. The monoisotopic (exact) mass is 783 g/mol. The van der Waals surface area contributed by atoms with E-state index in [0.29, 0.717) is 30.0 Å². The first-order valence-electron chi connectivity index (χ1n) is 17.2. The Morgan fingerprint density at radius 2 is 1.53 bits per heavy atom. The Balaban J connectivity index is 1.53. The van der Waals surface area contributed by atoms with Crippen LogP contribution < -0.4 is 26.6 Å². The van der Waals surface area contributed by atoms with Crippen LogP contribution in [0, 0.1) is 11.6 Å². The van der Waals surface area contributed by atoms with E-state index in [2.05, 4.69) is 10.6 Å². The van der Waals surface area contributed by atoms with Crippen molar-refractivity contribution in [2.45, 2.75) is 77.2 Å². The van der Waals surface area contributed by atoms with Gasteiger partial charge in [0.15, 0.2) is 0 Å². The van der Waals surface area contributed by atoms with Crippen molar-refractivity contribution in [3.8, 4) is 5.69 Å². The van der Waals surface area contributed by atoms with Gasteiger partial charge in [-0.1, -0.05) is 12.1 Å². The Labute approximate surface area is 316 Å². The number of rotatable bonds is 14. The molecular weight excluding hydrogens is 741 g/mol. The van der Waals surface area contributed by atoms with Gasteiger partial charge in [0.2, 0.25) is 0 Å². The summed E-state index contributed by atoms with van der Waals surface area (Å²) >= 11 is 0. The Morgan fingerprint density at radius 1 is 0.891 bits per heavy atom. The third-order valence-electron chi connectivity index (χ3n) is 7.91. The molecule has 0 spiro atoms. The molecule has 0 saturated carbocycles. The summed E-state index contributed by atoms with van der Waals surface area (Å²) in [6.45, 7) is 10.7. The minimum Gasteiger partial charge on any atom is -0.461 e. The van der Waals surface area contributed by atoms with E-state index >= 15 is 8.78 Å². The zero-order chi connectivity index (χ0) is 40.8. The van der Waals surface area contributed by atoms with E-state index < -0.39 is 79.6 Å². The van der Waals surface area contributed by atoms with Gasteiger partial charge < -0.3 is 20.1 Å². The molecule has 17 heteroatoms. The predicted octanol–water partition coefficient (Wildman–Crippen LogP) is 3.97. The van der Waals surface area contributed by atoms with Crippen molar-refractivity contribution in [2.24, 2.45) is 7.05 Å². The maximum atomic E-state index is 15.3. The van der Waals surface area contributed by atoms with Gasteiger partial charge >= 0.3 is 11.7 Å². The number of aromatic nitrogens is 2. The fraction of sp³-hybridized carbons (Fsp3) is 0.342. The van der Waals surface area contributed by atoms with Crippen LogP contribution in [0.4, 0.5) is 14.5 Å². The number of hydrogen-bond acceptors (Lipinski definition) is 9. The van der Waals surface area contributed by atoms with Crippen molar-refractivity contribution < 1.29 is 41.1 Å². The Bertz CT molecular complexity index is 2300. The van der Waals surface area contributed by atoms with Gasteiger partial charge in [-0.15, -0.1) is 0 Å². The molecule has 14 nitrogen and oxygen atoms in total. The number of carbonyl (C=O) groups is 3. The molecule has 0 bridgehead atoms. The number of nitrogens with zero attached hydrogens (tertiary/aromatic N) is 2. The predicted molar refractivity (Wildman–Crippen MR) is 200 cm³/mol. The number of nitrogens with one attached hydrogen (secondary N) is 3. The van der Waals surface area contributed by atoms with E-state index in [-0.39, 0.29) is 29.2 Å². The second kappa shape index (κ2) is 17.2. The Morgan fingerprint density at radius 3 is 2.11 bits per heavy atom. The lowest BCUT2D eigenvalue weighted by Crippen LogP contribution is -2.44. The lowest BCUT2D eigenvalue weighted by molar-refractivity contribution is -0.149. The Kier molecular flexibility index (Phi) is 13.2. The molecule has 4 aromatic rings. The van der Waals surface area contributed by atoms with Gasteiger partial charge in [-0.3, -0.25) is 23.7 Å². The number of sulfonamides is 1. The summed E-state index contributed by atoms with van der Waals surface area (Å²) in [5.74, 6) is -5.11. The molecule has 3 aromatic carbocycles. The van der Waals surface area contributed by atoms with Crippen molar-refractivity contribution in [1.29, 1.82) is 0 Å². The molecule has 3 N–H and O–H groups in total. The smallest absolute Gasteiger partial charge is 0.335 e. The van der Waals surface area contributed by atoms with E-state index in [0.717, 1.165) is 16.7 Å². The molecule has 0 aliphatic carbocycles. The zero-order valence-electron chi connectivity index (χ0n) is 31.4. The highest BCUT2D eigenvalue weighted by atomic mass is 32.2. The molecule has 1 aromatic heterocycles. The number of carbonyl (C=O) groups excluding carboxylic acids is 3. The van der Waals surface area contributed by atoms with Crippen LogP contribution in [0.5, 0.6) is 0 Å². The molecule has 4 rings (SSSR count). The molecule has 0 saturated heterocycles. The normalized spacial score (nSPS) is 12.3. The third kappa shape index (κ3) is 10.7. The number of anilines is 1. The first-order chi connectivity index (χ1) is 25.7. The average molecular weight is 784 g/mol. The molecule has 0 radical (unpaired) electrons. The van der Waals surface area contributed by atoms with E-state index in [1.54, 1.807) is 41.5 Å². The third-order valence-corrected chi connectivity index (χ3v) is 9.29. The summed E-state index contributed by atoms with van der Waals surface area (Å²) in [5.41, 5.74) is -2.09. The molecule has 1 heterocycles. The van der Waals surface area contributed by atoms with Crippen LogP contribution in [0.1, 0.15) is 73.5 Å². The average Bonchev–Trinajstić information content (AvgIpc) is 3.10. The molecule has 55 heavy (non-hydrogen) atoms. The minimum absolute atomic E-state index is 0.0761. The lowest BCUT2D eigenvalue weighted by Gasteiger charge is -2.20. The van der Waals surface area contributed by atoms with Gasteiger partial charge in [0.1, 0.15) is 17.7 Å². The summed E-state index contributed by atoms with van der Waals surface area (Å²) < 4.78 is 71.4. The number of amides is 2. The van der Waals surface area contributed by atoms with Crippen LogP contribution in [0.15, 0.2) is 81.2 Å². The van der Waals surface area contributed by atoms with Gasteiger partial charge in [0, 0.05) is 43.3 Å². The van der Waals surface area contributed by atoms with Crippen LogP contribution in [0.3, 0.4) is 0 Å². The van der Waals surface area contributed by atoms with Crippen LogP contribution in [0.25, 0.3) is 5.69 Å². The maximum Gasteiger partial charge on any atom is 0.335 e. The number of halogens is 2. The van der Waals surface area contributed by atoms with Gasteiger partial charge in [0.05, 0.1) is 40.2 Å². The van der Waals surface area contributed by atoms with E-state index in [1.165, 1.54) is 54.1 Å². The fourth-order valence-electron chi connectivity index (χ4n) is 5.22. The second-order valence-electron chi connectivity index (χ2n) is 13.8. The molecule has 0 fully saturated rings. The maximum absolute atomic E-state index is 15.3. The number of hydrogen-bond donors (Lipinski definition) is 3. The summed E-state index contributed by atoms with van der Waals surface area (Å²) in [6.07, 6.45) is -0.780. The highest BCUT2D eigenvalue weighted by molar-refractivity contribution is 7.92. The SMILES string of the molecule is CCOCc1cc(=O)n(-c2ccc(C[C@H](NC(=O)c3cc(F)c(NS(=O)(=O)c4ccc(C(=O)NC(C)(C)C)cc4)cc3F)C(=O)OC(C)C)cc2)c(=O)n1C. The molecule has 0 aliphatic heterocycles. The van der Waals surface area contributed by atoms with Crippen molar-refractivity contribution in [2.75, 3.05) is 11.3 Å². The highest BCUT2D eigenvalue weighted by Crippen LogP contribution is 2.24. The van der Waals surface area contributed by atoms with E-state index in [9.17, 15) is 32.4 Å². The van der Waals surface area contributed by atoms with Crippen LogP contribution in [0.2, 0.25) is 0 Å². The minimum atomic E-state index is -4.47. The van der Waals surface area contributed by atoms with Gasteiger partial charge in [-0.25, -0.2) is 31.4 Å². The van der Waals surface area contributed by atoms with Gasteiger partial charge in [-0.05, 0) is 89.6 Å². The van der Waals surface area contributed by atoms with Crippen LogP contribution >= 0.6 is 0 Å². The highest BCUT2D eigenvalue weighted by Gasteiger charge is 2.27. The molecule has 0 unspecified atom stereocenters. The second-order valence-corrected chi connectivity index (χ2v) is 15.5. The van der Waals surface area contributed by atoms with Gasteiger partial charge in [-0.2, -0.15) is 0 Å². The fourth-order valence-corrected chi connectivity index (χ4v) is 6.27. The largest absolute Gasteiger partial charge is 0.461 e. The quantitative estimate of drug-likeness (QED) is 0.159. The van der Waals surface area contributed by atoms with Crippen molar-refractivity contribution in [1.82, 2.24) is 19.8 Å². The summed E-state index contributed by atoms with van der Waals surface area (Å²) in [4.78, 5) is 64.2.